The third-order valence-corrected chi connectivity index (χ3v) is 3.79. The number of pyridine rings is 1. The van der Waals surface area contributed by atoms with Crippen molar-refractivity contribution in [3.63, 3.8) is 0 Å². The minimum Gasteiger partial charge on any atom is -0.383 e. The van der Waals surface area contributed by atoms with Crippen LogP contribution in [0.4, 0.5) is 5.82 Å². The van der Waals surface area contributed by atoms with Crippen molar-refractivity contribution in [2.24, 2.45) is 7.05 Å². The number of nitrogens with two attached hydrogens (primary N) is 1. The van der Waals surface area contributed by atoms with Crippen LogP contribution in [0.5, 0.6) is 0 Å². The standard InChI is InChI=1S/C15H12Cl2N4/c1-21-15(18)13(11-3-2-10(16)8-12(11)17)14(20-21)9-4-6-19-7-5-9/h2-8H,18H2,1H3. The van der Waals surface area contributed by atoms with Crippen molar-refractivity contribution in [2.45, 2.75) is 0 Å². The van der Waals surface area contributed by atoms with E-state index in [0.29, 0.717) is 15.9 Å². The second-order valence-corrected chi connectivity index (χ2v) is 5.44. The zero-order valence-electron chi connectivity index (χ0n) is 11.2. The van der Waals surface area contributed by atoms with Gasteiger partial charge in [-0.05, 0) is 24.3 Å². The fraction of sp³-hybridized carbons (Fsp3) is 0.0667. The van der Waals surface area contributed by atoms with Gasteiger partial charge in [-0.3, -0.25) is 9.67 Å². The Balaban J connectivity index is 2.27. The molecule has 0 bridgehead atoms. The molecule has 0 saturated heterocycles. The molecule has 0 aliphatic carbocycles. The molecule has 0 saturated carbocycles. The summed E-state index contributed by atoms with van der Waals surface area (Å²) in [6.07, 6.45) is 3.43. The summed E-state index contributed by atoms with van der Waals surface area (Å²) in [7, 11) is 1.80. The van der Waals surface area contributed by atoms with Crippen LogP contribution in [0.2, 0.25) is 10.0 Å². The van der Waals surface area contributed by atoms with E-state index in [1.807, 2.05) is 18.2 Å². The SMILES string of the molecule is Cn1nc(-c2ccncc2)c(-c2ccc(Cl)cc2Cl)c1N. The van der Waals surface area contributed by atoms with Gasteiger partial charge in [0.1, 0.15) is 11.5 Å². The van der Waals surface area contributed by atoms with Crippen molar-refractivity contribution in [3.8, 4) is 22.4 Å². The molecule has 1 aromatic carbocycles. The van der Waals surface area contributed by atoms with Crippen molar-refractivity contribution in [1.82, 2.24) is 14.8 Å². The van der Waals surface area contributed by atoms with Crippen molar-refractivity contribution in [1.29, 1.82) is 0 Å². The zero-order chi connectivity index (χ0) is 15.0. The van der Waals surface area contributed by atoms with Gasteiger partial charge in [-0.25, -0.2) is 0 Å². The fourth-order valence-corrected chi connectivity index (χ4v) is 2.71. The van der Waals surface area contributed by atoms with Crippen molar-refractivity contribution in [2.75, 3.05) is 5.73 Å². The molecule has 3 aromatic rings. The van der Waals surface area contributed by atoms with Crippen LogP contribution >= 0.6 is 23.2 Å². The van der Waals surface area contributed by atoms with E-state index >= 15 is 0 Å². The lowest BCUT2D eigenvalue weighted by Crippen LogP contribution is -1.98. The minimum absolute atomic E-state index is 0.539. The van der Waals surface area contributed by atoms with Gasteiger partial charge in [0, 0.05) is 35.6 Å². The fourth-order valence-electron chi connectivity index (χ4n) is 2.21. The molecule has 21 heavy (non-hydrogen) atoms. The topological polar surface area (TPSA) is 56.7 Å². The Kier molecular flexibility index (Phi) is 3.57. The van der Waals surface area contributed by atoms with Crippen LogP contribution in [0, 0.1) is 0 Å². The van der Waals surface area contributed by atoms with E-state index in [2.05, 4.69) is 10.1 Å². The van der Waals surface area contributed by atoms with Crippen LogP contribution in [0.25, 0.3) is 22.4 Å². The number of nitrogens with zero attached hydrogens (tertiary/aromatic N) is 3. The molecule has 0 aliphatic rings. The molecule has 2 heterocycles. The largest absolute Gasteiger partial charge is 0.383 e. The molecule has 0 atom stereocenters. The number of halogens is 2. The average Bonchev–Trinajstić information content (AvgIpc) is 2.76. The Labute approximate surface area is 132 Å². The van der Waals surface area contributed by atoms with Crippen molar-refractivity contribution < 1.29 is 0 Å². The van der Waals surface area contributed by atoms with Gasteiger partial charge in [-0.1, -0.05) is 29.3 Å². The first kappa shape index (κ1) is 13.9. The minimum atomic E-state index is 0.539. The molecule has 3 rings (SSSR count). The molecule has 2 N–H and O–H groups in total. The third kappa shape index (κ3) is 2.48. The molecule has 4 nitrogen and oxygen atoms in total. The molecule has 6 heteroatoms. The molecule has 0 aliphatic heterocycles. The predicted molar refractivity (Wildman–Crippen MR) is 86.3 cm³/mol. The molecular formula is C15H12Cl2N4. The van der Waals surface area contributed by atoms with E-state index in [-0.39, 0.29) is 0 Å². The summed E-state index contributed by atoms with van der Waals surface area (Å²) in [6.45, 7) is 0. The highest BCUT2D eigenvalue weighted by atomic mass is 35.5. The van der Waals surface area contributed by atoms with E-state index < -0.39 is 0 Å². The van der Waals surface area contributed by atoms with Crippen LogP contribution in [0.3, 0.4) is 0 Å². The maximum absolute atomic E-state index is 6.32. The summed E-state index contributed by atoms with van der Waals surface area (Å²) in [4.78, 5) is 4.02. The van der Waals surface area contributed by atoms with Gasteiger partial charge in [0.25, 0.3) is 0 Å². The number of hydrogen-bond donors (Lipinski definition) is 1. The number of hydrogen-bond acceptors (Lipinski definition) is 3. The van der Waals surface area contributed by atoms with E-state index in [1.54, 1.807) is 36.3 Å². The number of rotatable bonds is 2. The number of aromatic nitrogens is 3. The first-order valence-corrected chi connectivity index (χ1v) is 7.02. The molecular weight excluding hydrogens is 307 g/mol. The second kappa shape index (κ2) is 5.39. The highest BCUT2D eigenvalue weighted by Gasteiger charge is 2.19. The van der Waals surface area contributed by atoms with Gasteiger partial charge in [-0.15, -0.1) is 0 Å². The number of nitrogen functional groups attached to an aromatic ring is 1. The van der Waals surface area contributed by atoms with Gasteiger partial charge in [0.15, 0.2) is 0 Å². The molecule has 2 aromatic heterocycles. The smallest absolute Gasteiger partial charge is 0.129 e. The molecule has 0 fully saturated rings. The summed E-state index contributed by atoms with van der Waals surface area (Å²) < 4.78 is 1.63. The first-order chi connectivity index (χ1) is 10.1. The predicted octanol–water partition coefficient (Wildman–Crippen LogP) is 4.04. The lowest BCUT2D eigenvalue weighted by Gasteiger charge is -2.07. The molecule has 0 amide bonds. The van der Waals surface area contributed by atoms with E-state index in [0.717, 1.165) is 22.4 Å². The summed E-state index contributed by atoms with van der Waals surface area (Å²) in [6, 6.07) is 9.10. The van der Waals surface area contributed by atoms with Crippen LogP contribution in [-0.2, 0) is 7.05 Å². The Morgan fingerprint density at radius 3 is 2.48 bits per heavy atom. The number of anilines is 1. The number of aryl methyl sites for hydroxylation is 1. The Morgan fingerprint density at radius 2 is 1.81 bits per heavy atom. The molecule has 106 valence electrons. The van der Waals surface area contributed by atoms with Gasteiger partial charge in [-0.2, -0.15) is 5.10 Å². The van der Waals surface area contributed by atoms with E-state index in [4.69, 9.17) is 28.9 Å². The van der Waals surface area contributed by atoms with Gasteiger partial charge >= 0.3 is 0 Å². The highest BCUT2D eigenvalue weighted by molar-refractivity contribution is 6.36. The average molecular weight is 319 g/mol. The maximum atomic E-state index is 6.32. The Morgan fingerprint density at radius 1 is 1.10 bits per heavy atom. The quantitative estimate of drug-likeness (QED) is 0.775. The summed E-state index contributed by atoms with van der Waals surface area (Å²) in [5.74, 6) is 0.547. The van der Waals surface area contributed by atoms with Crippen LogP contribution in [-0.4, -0.2) is 14.8 Å². The number of benzene rings is 1. The normalized spacial score (nSPS) is 10.8. The van der Waals surface area contributed by atoms with Crippen LogP contribution in [0.15, 0.2) is 42.7 Å². The van der Waals surface area contributed by atoms with Crippen LogP contribution < -0.4 is 5.73 Å². The van der Waals surface area contributed by atoms with Crippen molar-refractivity contribution in [3.05, 3.63) is 52.8 Å². The summed E-state index contributed by atoms with van der Waals surface area (Å²) in [5.41, 5.74) is 9.47. The Bertz CT molecular complexity index is 797. The highest BCUT2D eigenvalue weighted by Crippen LogP contribution is 2.39. The van der Waals surface area contributed by atoms with Gasteiger partial charge in [0.2, 0.25) is 0 Å². The van der Waals surface area contributed by atoms with Gasteiger partial charge < -0.3 is 5.73 Å². The van der Waals surface area contributed by atoms with Crippen molar-refractivity contribution >= 4 is 29.0 Å². The maximum Gasteiger partial charge on any atom is 0.129 e. The first-order valence-electron chi connectivity index (χ1n) is 6.26. The van der Waals surface area contributed by atoms with Gasteiger partial charge in [0.05, 0.1) is 10.6 Å². The lowest BCUT2D eigenvalue weighted by molar-refractivity contribution is 0.782. The second-order valence-electron chi connectivity index (χ2n) is 4.59. The molecule has 0 spiro atoms. The third-order valence-electron chi connectivity index (χ3n) is 3.25. The van der Waals surface area contributed by atoms with Crippen LogP contribution in [0.1, 0.15) is 0 Å². The van der Waals surface area contributed by atoms with E-state index in [1.165, 1.54) is 0 Å². The summed E-state index contributed by atoms with van der Waals surface area (Å²) in [5, 5.41) is 5.61. The Hall–Kier alpha value is -2.04. The molecule has 0 radical (unpaired) electrons. The molecule has 0 unspecified atom stereocenters. The monoisotopic (exact) mass is 318 g/mol. The van der Waals surface area contributed by atoms with E-state index in [9.17, 15) is 0 Å². The lowest BCUT2D eigenvalue weighted by atomic mass is 10.0. The summed E-state index contributed by atoms with van der Waals surface area (Å²) >= 11 is 12.3. The zero-order valence-corrected chi connectivity index (χ0v) is 12.7.